The summed E-state index contributed by atoms with van der Waals surface area (Å²) in [7, 11) is 0. The summed E-state index contributed by atoms with van der Waals surface area (Å²) >= 11 is 0. The smallest absolute Gasteiger partial charge is 0.323 e. The minimum absolute atomic E-state index is 0.0386. The molecule has 1 amide bonds. The van der Waals surface area contributed by atoms with Crippen LogP contribution in [0.4, 0.5) is 0 Å². The molecule has 18 heavy (non-hydrogen) atoms. The minimum atomic E-state index is -1.16. The Kier molecular flexibility index (Phi) is 2.95. The van der Waals surface area contributed by atoms with Gasteiger partial charge in [-0.15, -0.1) is 0 Å². The van der Waals surface area contributed by atoms with Crippen LogP contribution in [0.5, 0.6) is 0 Å². The first-order valence-corrected chi connectivity index (χ1v) is 5.33. The Hall–Kier alpha value is -2.09. The van der Waals surface area contributed by atoms with E-state index >= 15 is 0 Å². The van der Waals surface area contributed by atoms with Crippen molar-refractivity contribution in [1.82, 2.24) is 15.3 Å². The molecule has 1 aliphatic rings. The van der Waals surface area contributed by atoms with Gasteiger partial charge in [0.15, 0.2) is 0 Å². The van der Waals surface area contributed by atoms with Gasteiger partial charge in [-0.2, -0.15) is 0 Å². The maximum Gasteiger partial charge on any atom is 0.323 e. The second-order valence-electron chi connectivity index (χ2n) is 4.42. The molecule has 2 rings (SSSR count). The fourth-order valence-corrected chi connectivity index (χ4v) is 1.78. The van der Waals surface area contributed by atoms with Crippen molar-refractivity contribution < 1.29 is 19.4 Å². The van der Waals surface area contributed by atoms with Crippen LogP contribution >= 0.6 is 0 Å². The van der Waals surface area contributed by atoms with Crippen LogP contribution in [-0.2, 0) is 9.53 Å². The molecule has 8 heteroatoms. The Morgan fingerprint density at radius 3 is 2.89 bits per heavy atom. The molecule has 1 aliphatic heterocycles. The summed E-state index contributed by atoms with van der Waals surface area (Å²) in [5.74, 6) is -1.58. The Morgan fingerprint density at radius 1 is 1.61 bits per heavy atom. The molecule has 0 bridgehead atoms. The van der Waals surface area contributed by atoms with E-state index in [2.05, 4.69) is 15.3 Å². The number of hydrogen-bond donors (Lipinski definition) is 4. The standard InChI is InChI=1S/C10H13N3O5/c1-10(8(15)16)4-18-3-6(10)13-7(14)5-2-11-9(17)12-5/h2,6H,3-4H2,1H3,(H,13,14)(H,15,16)(H2,11,12,17). The average Bonchev–Trinajstić information content (AvgIpc) is 2.87. The predicted molar refractivity (Wildman–Crippen MR) is 59.2 cm³/mol. The van der Waals surface area contributed by atoms with Gasteiger partial charge in [0.1, 0.15) is 11.1 Å². The molecule has 8 nitrogen and oxygen atoms in total. The maximum atomic E-state index is 11.8. The highest BCUT2D eigenvalue weighted by Crippen LogP contribution is 2.28. The van der Waals surface area contributed by atoms with Gasteiger partial charge in [0.25, 0.3) is 5.91 Å². The number of carbonyl (C=O) groups excluding carboxylic acids is 1. The van der Waals surface area contributed by atoms with Gasteiger partial charge in [-0.25, -0.2) is 4.79 Å². The highest BCUT2D eigenvalue weighted by molar-refractivity contribution is 5.92. The van der Waals surface area contributed by atoms with Gasteiger partial charge in [0.05, 0.1) is 19.3 Å². The number of carbonyl (C=O) groups is 2. The lowest BCUT2D eigenvalue weighted by Crippen LogP contribution is -2.49. The van der Waals surface area contributed by atoms with Crippen molar-refractivity contribution >= 4 is 11.9 Å². The first-order valence-electron chi connectivity index (χ1n) is 5.33. The molecule has 2 heterocycles. The van der Waals surface area contributed by atoms with Crippen molar-refractivity contribution in [2.24, 2.45) is 5.41 Å². The lowest BCUT2D eigenvalue weighted by Gasteiger charge is -2.25. The van der Waals surface area contributed by atoms with Crippen LogP contribution in [0.2, 0.25) is 0 Å². The van der Waals surface area contributed by atoms with E-state index in [1.807, 2.05) is 0 Å². The third kappa shape index (κ3) is 2.02. The molecule has 1 aromatic rings. The molecule has 1 fully saturated rings. The first kappa shape index (κ1) is 12.4. The zero-order valence-electron chi connectivity index (χ0n) is 9.65. The van der Waals surface area contributed by atoms with Crippen LogP contribution in [-0.4, -0.2) is 46.2 Å². The Bertz CT molecular complexity index is 534. The highest BCUT2D eigenvalue weighted by atomic mass is 16.5. The van der Waals surface area contributed by atoms with Crippen molar-refractivity contribution in [2.45, 2.75) is 13.0 Å². The fraction of sp³-hybridized carbons (Fsp3) is 0.500. The number of rotatable bonds is 3. The van der Waals surface area contributed by atoms with Crippen molar-refractivity contribution in [1.29, 1.82) is 0 Å². The van der Waals surface area contributed by atoms with Gasteiger partial charge < -0.3 is 25.1 Å². The number of hydrogen-bond acceptors (Lipinski definition) is 4. The predicted octanol–water partition coefficient (Wildman–Crippen LogP) is -1.08. The molecule has 0 aliphatic carbocycles. The molecule has 1 aromatic heterocycles. The highest BCUT2D eigenvalue weighted by Gasteiger charge is 2.47. The maximum absolute atomic E-state index is 11.8. The summed E-state index contributed by atoms with van der Waals surface area (Å²) in [4.78, 5) is 38.4. The van der Waals surface area contributed by atoms with Crippen molar-refractivity contribution in [3.8, 4) is 0 Å². The monoisotopic (exact) mass is 255 g/mol. The van der Waals surface area contributed by atoms with E-state index < -0.39 is 29.0 Å². The number of aliphatic carboxylic acids is 1. The number of amides is 1. The number of ether oxygens (including phenoxy) is 1. The van der Waals surface area contributed by atoms with Crippen LogP contribution < -0.4 is 11.0 Å². The molecule has 0 spiro atoms. The van der Waals surface area contributed by atoms with Gasteiger partial charge in [-0.3, -0.25) is 9.59 Å². The van der Waals surface area contributed by atoms with E-state index in [-0.39, 0.29) is 18.9 Å². The number of carboxylic acid groups (broad SMARTS) is 1. The summed E-state index contributed by atoms with van der Waals surface area (Å²) in [5, 5.41) is 11.7. The normalized spacial score (nSPS) is 27.1. The van der Waals surface area contributed by atoms with Crippen molar-refractivity contribution in [3.05, 3.63) is 22.4 Å². The molecular formula is C10H13N3O5. The van der Waals surface area contributed by atoms with Gasteiger partial charge >= 0.3 is 11.7 Å². The zero-order valence-corrected chi connectivity index (χ0v) is 9.65. The SMILES string of the molecule is CC1(C(=O)O)COCC1NC(=O)c1c[nH]c(=O)[nH]1. The van der Waals surface area contributed by atoms with Crippen LogP contribution in [0.15, 0.2) is 11.0 Å². The summed E-state index contributed by atoms with van der Waals surface area (Å²) < 4.78 is 5.10. The van der Waals surface area contributed by atoms with Crippen molar-refractivity contribution in [3.63, 3.8) is 0 Å². The average molecular weight is 255 g/mol. The summed E-state index contributed by atoms with van der Waals surface area (Å²) in [5.41, 5.74) is -1.60. The van der Waals surface area contributed by atoms with Crippen molar-refractivity contribution in [2.75, 3.05) is 13.2 Å². The van der Waals surface area contributed by atoms with E-state index in [0.717, 1.165) is 0 Å². The largest absolute Gasteiger partial charge is 0.481 e. The molecule has 0 radical (unpaired) electrons. The van der Waals surface area contributed by atoms with Gasteiger partial charge in [0, 0.05) is 6.20 Å². The molecule has 4 N–H and O–H groups in total. The van der Waals surface area contributed by atoms with Crippen LogP contribution in [0.25, 0.3) is 0 Å². The summed E-state index contributed by atoms with van der Waals surface area (Å²) in [6, 6.07) is -0.638. The third-order valence-electron chi connectivity index (χ3n) is 3.09. The number of nitrogens with one attached hydrogen (secondary N) is 3. The Balaban J connectivity index is 2.12. The number of aromatic amines is 2. The van der Waals surface area contributed by atoms with Gasteiger partial charge in [-0.1, -0.05) is 0 Å². The second kappa shape index (κ2) is 4.30. The van der Waals surface area contributed by atoms with Gasteiger partial charge in [0.2, 0.25) is 0 Å². The summed E-state index contributed by atoms with van der Waals surface area (Å²) in [6.45, 7) is 1.67. The second-order valence-corrected chi connectivity index (χ2v) is 4.42. The lowest BCUT2D eigenvalue weighted by molar-refractivity contribution is -0.148. The molecule has 1 saturated heterocycles. The minimum Gasteiger partial charge on any atom is -0.481 e. The molecule has 0 aromatic carbocycles. The van der Waals surface area contributed by atoms with Gasteiger partial charge in [-0.05, 0) is 6.92 Å². The van der Waals surface area contributed by atoms with E-state index in [4.69, 9.17) is 9.84 Å². The van der Waals surface area contributed by atoms with Crippen LogP contribution in [0.1, 0.15) is 17.4 Å². The molecule has 98 valence electrons. The number of H-pyrrole nitrogens is 2. The van der Waals surface area contributed by atoms with Crippen LogP contribution in [0, 0.1) is 5.41 Å². The van der Waals surface area contributed by atoms with Crippen LogP contribution in [0.3, 0.4) is 0 Å². The molecule has 2 unspecified atom stereocenters. The van der Waals surface area contributed by atoms with E-state index in [1.165, 1.54) is 13.1 Å². The summed E-state index contributed by atoms with van der Waals surface area (Å²) in [6.07, 6.45) is 1.23. The number of carboxylic acids is 1. The Morgan fingerprint density at radius 2 is 2.33 bits per heavy atom. The topological polar surface area (TPSA) is 124 Å². The first-order chi connectivity index (χ1) is 8.43. The fourth-order valence-electron chi connectivity index (χ4n) is 1.78. The molecule has 0 saturated carbocycles. The number of aromatic nitrogens is 2. The lowest BCUT2D eigenvalue weighted by atomic mass is 9.85. The quantitative estimate of drug-likeness (QED) is 0.547. The zero-order chi connectivity index (χ0) is 13.3. The number of imidazole rings is 1. The Labute approximate surface area is 101 Å². The molecule has 2 atom stereocenters. The van der Waals surface area contributed by atoms with E-state index in [9.17, 15) is 14.4 Å². The third-order valence-corrected chi connectivity index (χ3v) is 3.09. The van der Waals surface area contributed by atoms with E-state index in [1.54, 1.807) is 0 Å². The van der Waals surface area contributed by atoms with E-state index in [0.29, 0.717) is 0 Å². The molecular weight excluding hydrogens is 242 g/mol.